The predicted octanol–water partition coefficient (Wildman–Crippen LogP) is 3.77. The Morgan fingerprint density at radius 2 is 1.83 bits per heavy atom. The van der Waals surface area contributed by atoms with Gasteiger partial charge in [-0.25, -0.2) is 0 Å². The minimum atomic E-state index is -1.07. The van der Waals surface area contributed by atoms with E-state index in [2.05, 4.69) is 40.9 Å². The van der Waals surface area contributed by atoms with Crippen LogP contribution in [0.5, 0.6) is 0 Å². The second-order valence-electron chi connectivity index (χ2n) is 6.81. The quantitative estimate of drug-likeness (QED) is 0.820. The van der Waals surface area contributed by atoms with E-state index in [1.54, 1.807) is 0 Å². The normalized spacial score (nSPS) is 14.5. The predicted molar refractivity (Wildman–Crippen MR) is 97.8 cm³/mol. The highest BCUT2D eigenvalue weighted by molar-refractivity contribution is 7.90. The van der Waals surface area contributed by atoms with Crippen molar-refractivity contribution < 1.29 is 4.55 Å². The Labute approximate surface area is 142 Å². The topological polar surface area (TPSA) is 48.0 Å². The molecule has 4 heteroatoms. The molecule has 124 valence electrons. The van der Waals surface area contributed by atoms with Crippen LogP contribution >= 0.6 is 0 Å². The lowest BCUT2D eigenvalue weighted by molar-refractivity contribution is 0.533. The number of pyridine rings is 1. The highest BCUT2D eigenvalue weighted by Crippen LogP contribution is 2.22. The number of nitrogens with zero attached hydrogens (tertiary/aromatic N) is 1. The second kappa shape index (κ2) is 7.95. The number of hydrogen-bond donors (Lipinski definition) is 1. The molecule has 0 bridgehead atoms. The number of aromatic nitrogens is 1. The Morgan fingerprint density at radius 1 is 1.13 bits per heavy atom. The Bertz CT molecular complexity index is 610. The Kier molecular flexibility index (Phi) is 6.22. The maximum atomic E-state index is 12.3. The van der Waals surface area contributed by atoms with Crippen molar-refractivity contribution >= 4 is 11.4 Å². The van der Waals surface area contributed by atoms with Crippen LogP contribution in [0.4, 0.5) is 0 Å². The first-order valence-electron chi connectivity index (χ1n) is 7.99. The Balaban J connectivity index is 2.15. The van der Waals surface area contributed by atoms with Gasteiger partial charge in [-0.2, -0.15) is 0 Å². The lowest BCUT2D eigenvalue weighted by atomic mass is 9.93. The SMILES string of the molecule is Cc1ccccc1C[C@H](CN[S+]([O-])C(C)(C)C)c1ccccn1. The molecule has 1 unspecified atom stereocenters. The Morgan fingerprint density at radius 3 is 2.43 bits per heavy atom. The smallest absolute Gasteiger partial charge is 0.136 e. The van der Waals surface area contributed by atoms with Gasteiger partial charge in [0.2, 0.25) is 0 Å². The maximum Gasteiger partial charge on any atom is 0.136 e. The average molecular weight is 330 g/mol. The number of nitrogens with one attached hydrogen (secondary N) is 1. The van der Waals surface area contributed by atoms with Gasteiger partial charge in [-0.3, -0.25) is 4.98 Å². The van der Waals surface area contributed by atoms with Gasteiger partial charge >= 0.3 is 0 Å². The molecule has 0 aliphatic heterocycles. The first-order chi connectivity index (χ1) is 10.9. The third-order valence-electron chi connectivity index (χ3n) is 3.85. The molecule has 2 rings (SSSR count). The van der Waals surface area contributed by atoms with E-state index in [-0.39, 0.29) is 10.7 Å². The van der Waals surface area contributed by atoms with E-state index in [1.807, 2.05) is 45.2 Å². The zero-order chi connectivity index (χ0) is 16.9. The lowest BCUT2D eigenvalue weighted by Crippen LogP contribution is -2.41. The van der Waals surface area contributed by atoms with Crippen molar-refractivity contribution in [1.29, 1.82) is 0 Å². The highest BCUT2D eigenvalue weighted by Gasteiger charge is 2.27. The van der Waals surface area contributed by atoms with Gasteiger partial charge in [0.15, 0.2) is 0 Å². The van der Waals surface area contributed by atoms with Crippen molar-refractivity contribution in [2.24, 2.45) is 0 Å². The summed E-state index contributed by atoms with van der Waals surface area (Å²) in [5, 5.41) is 0. The zero-order valence-corrected chi connectivity index (χ0v) is 15.2. The molecule has 1 N–H and O–H groups in total. The molecule has 0 spiro atoms. The molecule has 23 heavy (non-hydrogen) atoms. The fourth-order valence-electron chi connectivity index (χ4n) is 2.40. The number of hydrogen-bond acceptors (Lipinski definition) is 3. The summed E-state index contributed by atoms with van der Waals surface area (Å²) in [5.74, 6) is 0.198. The van der Waals surface area contributed by atoms with Crippen molar-refractivity contribution in [2.45, 2.75) is 44.8 Å². The van der Waals surface area contributed by atoms with Crippen LogP contribution in [-0.2, 0) is 17.8 Å². The van der Waals surface area contributed by atoms with Gasteiger partial charge < -0.3 is 4.55 Å². The first kappa shape index (κ1) is 18.0. The van der Waals surface area contributed by atoms with Crippen LogP contribution in [-0.4, -0.2) is 20.8 Å². The molecule has 2 aromatic rings. The fourth-order valence-corrected chi connectivity index (χ4v) is 3.18. The van der Waals surface area contributed by atoms with Crippen LogP contribution < -0.4 is 4.72 Å². The number of aryl methyl sites for hydroxylation is 1. The van der Waals surface area contributed by atoms with Crippen molar-refractivity contribution in [3.63, 3.8) is 0 Å². The molecule has 1 aromatic carbocycles. The molecule has 1 aromatic heterocycles. The van der Waals surface area contributed by atoms with E-state index in [0.29, 0.717) is 6.54 Å². The van der Waals surface area contributed by atoms with E-state index >= 15 is 0 Å². The summed E-state index contributed by atoms with van der Waals surface area (Å²) in [6.45, 7) is 8.72. The molecule has 0 fully saturated rings. The van der Waals surface area contributed by atoms with Crippen molar-refractivity contribution in [3.8, 4) is 0 Å². The van der Waals surface area contributed by atoms with E-state index in [0.717, 1.165) is 12.1 Å². The minimum Gasteiger partial charge on any atom is -0.598 e. The van der Waals surface area contributed by atoms with Gasteiger partial charge in [-0.15, -0.1) is 4.72 Å². The molecule has 2 atom stereocenters. The summed E-state index contributed by atoms with van der Waals surface area (Å²) >= 11 is -1.07. The molecule has 0 aliphatic carbocycles. The standard InChI is InChI=1S/C19H26N2OS/c1-15-9-5-6-10-16(15)13-17(18-11-7-8-12-20-18)14-21-23(22)19(2,3)4/h5-12,17,21H,13-14H2,1-4H3/t17-,23?/m1/s1. The van der Waals surface area contributed by atoms with E-state index in [4.69, 9.17) is 0 Å². The van der Waals surface area contributed by atoms with Crippen molar-refractivity contribution in [3.05, 3.63) is 65.5 Å². The van der Waals surface area contributed by atoms with Gasteiger partial charge in [0.05, 0.1) is 6.54 Å². The summed E-state index contributed by atoms with van der Waals surface area (Å²) in [6, 6.07) is 14.4. The maximum absolute atomic E-state index is 12.3. The van der Waals surface area contributed by atoms with Gasteiger partial charge in [0, 0.05) is 29.2 Å². The van der Waals surface area contributed by atoms with Crippen molar-refractivity contribution in [2.75, 3.05) is 6.54 Å². The molecule has 1 heterocycles. The van der Waals surface area contributed by atoms with E-state index in [1.165, 1.54) is 11.1 Å². The molecular formula is C19H26N2OS. The average Bonchev–Trinajstić information content (AvgIpc) is 2.52. The van der Waals surface area contributed by atoms with Gasteiger partial charge in [-0.1, -0.05) is 30.3 Å². The largest absolute Gasteiger partial charge is 0.598 e. The first-order valence-corrected chi connectivity index (χ1v) is 9.13. The third-order valence-corrected chi connectivity index (χ3v) is 5.39. The van der Waals surface area contributed by atoms with Crippen LogP contribution in [0.15, 0.2) is 48.7 Å². The van der Waals surface area contributed by atoms with Gasteiger partial charge in [-0.05, 0) is 57.4 Å². The molecule has 0 saturated carbocycles. The monoisotopic (exact) mass is 330 g/mol. The van der Waals surface area contributed by atoms with Crippen molar-refractivity contribution in [1.82, 2.24) is 9.71 Å². The molecule has 0 saturated heterocycles. The van der Waals surface area contributed by atoms with Gasteiger partial charge in [0.25, 0.3) is 0 Å². The molecule has 0 aliphatic rings. The molecule has 3 nitrogen and oxygen atoms in total. The summed E-state index contributed by atoms with van der Waals surface area (Å²) in [7, 11) is 0. The van der Waals surface area contributed by atoms with Crippen LogP contribution in [0.3, 0.4) is 0 Å². The van der Waals surface area contributed by atoms with Gasteiger partial charge in [0.1, 0.15) is 4.75 Å². The summed E-state index contributed by atoms with van der Waals surface area (Å²) in [6.07, 6.45) is 2.71. The third kappa shape index (κ3) is 5.34. The van der Waals surface area contributed by atoms with Crippen LogP contribution in [0.2, 0.25) is 0 Å². The Hall–Kier alpha value is -1.36. The summed E-state index contributed by atoms with van der Waals surface area (Å²) < 4.78 is 15.2. The van der Waals surface area contributed by atoms with Crippen LogP contribution in [0.1, 0.15) is 43.5 Å². The summed E-state index contributed by atoms with van der Waals surface area (Å²) in [4.78, 5) is 4.51. The number of rotatable bonds is 6. The molecule has 0 amide bonds. The fraction of sp³-hybridized carbons (Fsp3) is 0.421. The zero-order valence-electron chi connectivity index (χ0n) is 14.4. The molecule has 0 radical (unpaired) electrons. The summed E-state index contributed by atoms with van der Waals surface area (Å²) in [5.41, 5.74) is 3.63. The van der Waals surface area contributed by atoms with E-state index in [9.17, 15) is 4.55 Å². The highest BCUT2D eigenvalue weighted by atomic mass is 32.2. The number of benzene rings is 1. The van der Waals surface area contributed by atoms with Crippen LogP contribution in [0.25, 0.3) is 0 Å². The second-order valence-corrected chi connectivity index (χ2v) is 8.86. The minimum absolute atomic E-state index is 0.198. The lowest BCUT2D eigenvalue weighted by Gasteiger charge is -2.26. The van der Waals surface area contributed by atoms with E-state index < -0.39 is 11.4 Å². The van der Waals surface area contributed by atoms with Crippen LogP contribution in [0, 0.1) is 6.92 Å². The molecular weight excluding hydrogens is 304 g/mol.